The average molecular weight is 533 g/mol. The van der Waals surface area contributed by atoms with E-state index in [-0.39, 0.29) is 5.56 Å². The molecule has 1 N–H and O–H groups in total. The van der Waals surface area contributed by atoms with Crippen LogP contribution in [0.4, 0.5) is 0 Å². The Morgan fingerprint density at radius 3 is 2.69 bits per heavy atom. The predicted octanol–water partition coefficient (Wildman–Crippen LogP) is 5.71. The normalized spacial score (nSPS) is 11.6. The van der Waals surface area contributed by atoms with Gasteiger partial charge in [-0.15, -0.1) is 0 Å². The van der Waals surface area contributed by atoms with Crippen molar-refractivity contribution in [2.75, 3.05) is 7.11 Å². The Morgan fingerprint density at radius 1 is 1.03 bits per heavy atom. The molecule has 0 aliphatic heterocycles. The van der Waals surface area contributed by atoms with Gasteiger partial charge in [-0.05, 0) is 76.7 Å². The zero-order valence-corrected chi connectivity index (χ0v) is 19.5. The lowest BCUT2D eigenvalue weighted by atomic mass is 10.1. The van der Waals surface area contributed by atoms with Gasteiger partial charge in [-0.1, -0.05) is 30.3 Å². The number of halogens is 1. The molecule has 0 spiro atoms. The minimum absolute atomic E-state index is 0.0439. The number of nitrogens with one attached hydrogen (secondary N) is 1. The van der Waals surface area contributed by atoms with E-state index in [1.54, 1.807) is 11.7 Å². The first-order valence-electron chi connectivity index (χ1n) is 10.2. The lowest BCUT2D eigenvalue weighted by Gasteiger charge is -2.12. The maximum absolute atomic E-state index is 13.4. The number of benzene rings is 3. The van der Waals surface area contributed by atoms with Crippen molar-refractivity contribution in [3.05, 3.63) is 104 Å². The van der Waals surface area contributed by atoms with Crippen LogP contribution in [0.5, 0.6) is 5.75 Å². The number of hydrogen-bond donors (Lipinski definition) is 1. The topological polar surface area (TPSA) is 59.9 Å². The third-order valence-electron chi connectivity index (χ3n) is 5.46. The fraction of sp³-hybridized carbons (Fsp3) is 0.0769. The molecule has 0 saturated heterocycles. The molecule has 0 amide bonds. The van der Waals surface area contributed by atoms with Gasteiger partial charge in [0.1, 0.15) is 11.6 Å². The Bertz CT molecular complexity index is 1520. The molecule has 0 saturated carbocycles. The van der Waals surface area contributed by atoms with E-state index in [9.17, 15) is 4.79 Å². The standard InChI is InChI=1S/C26H20IN3O2/c1-32-20-9-11-23-21(14-20)18(15-28-23)7-12-25-29-24-10-8-19(27)13-22(24)26(31)30(25)16-17-5-3-2-4-6-17/h2-15,28H,16H2,1H3/b12-7+. The van der Waals surface area contributed by atoms with Gasteiger partial charge in [0.05, 0.1) is 24.6 Å². The second kappa shape index (κ2) is 8.63. The number of H-pyrrole nitrogens is 1. The monoisotopic (exact) mass is 533 g/mol. The molecule has 0 unspecified atom stereocenters. The largest absolute Gasteiger partial charge is 0.497 e. The van der Waals surface area contributed by atoms with Crippen LogP contribution in [0.3, 0.4) is 0 Å². The molecule has 2 aromatic heterocycles. The molecular formula is C26H20IN3O2. The average Bonchev–Trinajstić information content (AvgIpc) is 3.23. The highest BCUT2D eigenvalue weighted by atomic mass is 127. The zero-order valence-electron chi connectivity index (χ0n) is 17.4. The highest BCUT2D eigenvalue weighted by Gasteiger charge is 2.11. The molecule has 5 nitrogen and oxygen atoms in total. The van der Waals surface area contributed by atoms with Gasteiger partial charge in [-0.25, -0.2) is 4.98 Å². The molecule has 0 aliphatic rings. The van der Waals surface area contributed by atoms with E-state index < -0.39 is 0 Å². The molecule has 158 valence electrons. The Kier molecular flexibility index (Phi) is 5.53. The lowest BCUT2D eigenvalue weighted by Crippen LogP contribution is -2.24. The van der Waals surface area contributed by atoms with Crippen LogP contribution in [-0.4, -0.2) is 21.6 Å². The predicted molar refractivity (Wildman–Crippen MR) is 138 cm³/mol. The molecule has 3 aromatic carbocycles. The second-order valence-electron chi connectivity index (χ2n) is 7.50. The first-order chi connectivity index (χ1) is 15.6. The van der Waals surface area contributed by atoms with Crippen molar-refractivity contribution in [3.63, 3.8) is 0 Å². The van der Waals surface area contributed by atoms with Gasteiger partial charge >= 0.3 is 0 Å². The van der Waals surface area contributed by atoms with Crippen molar-refractivity contribution in [1.82, 2.24) is 14.5 Å². The summed E-state index contributed by atoms with van der Waals surface area (Å²) in [4.78, 5) is 21.5. The number of aromatic nitrogens is 3. The summed E-state index contributed by atoms with van der Waals surface area (Å²) in [5.74, 6) is 1.41. The van der Waals surface area contributed by atoms with Crippen LogP contribution >= 0.6 is 22.6 Å². The van der Waals surface area contributed by atoms with Crippen LogP contribution in [0.2, 0.25) is 0 Å². The van der Waals surface area contributed by atoms with E-state index >= 15 is 0 Å². The van der Waals surface area contributed by atoms with Crippen LogP contribution < -0.4 is 10.3 Å². The van der Waals surface area contributed by atoms with Crippen molar-refractivity contribution >= 4 is 56.5 Å². The van der Waals surface area contributed by atoms with Gasteiger partial charge in [-0.3, -0.25) is 9.36 Å². The minimum Gasteiger partial charge on any atom is -0.497 e. The maximum atomic E-state index is 13.4. The number of fused-ring (bicyclic) bond motifs is 2. The Labute approximate surface area is 198 Å². The van der Waals surface area contributed by atoms with E-state index in [1.165, 1.54) is 0 Å². The Hall–Kier alpha value is -3.39. The summed E-state index contributed by atoms with van der Waals surface area (Å²) in [6, 6.07) is 21.6. The highest BCUT2D eigenvalue weighted by molar-refractivity contribution is 14.1. The molecule has 5 rings (SSSR count). The number of nitrogens with zero attached hydrogens (tertiary/aromatic N) is 2. The van der Waals surface area contributed by atoms with E-state index in [0.29, 0.717) is 23.3 Å². The van der Waals surface area contributed by atoms with Crippen LogP contribution in [-0.2, 0) is 6.54 Å². The number of ether oxygens (including phenoxy) is 1. The molecule has 0 radical (unpaired) electrons. The Balaban J connectivity index is 1.65. The Morgan fingerprint density at radius 2 is 1.88 bits per heavy atom. The van der Waals surface area contributed by atoms with E-state index in [0.717, 1.165) is 31.3 Å². The summed E-state index contributed by atoms with van der Waals surface area (Å²) in [5, 5.41) is 1.68. The summed E-state index contributed by atoms with van der Waals surface area (Å²) in [5.41, 5.74) is 3.72. The molecule has 0 fully saturated rings. The summed E-state index contributed by atoms with van der Waals surface area (Å²) in [7, 11) is 1.66. The first kappa shape index (κ1) is 20.5. The van der Waals surface area contributed by atoms with Gasteiger partial charge in [-0.2, -0.15) is 0 Å². The fourth-order valence-electron chi connectivity index (χ4n) is 3.81. The van der Waals surface area contributed by atoms with Crippen molar-refractivity contribution in [3.8, 4) is 5.75 Å². The molecule has 5 aromatic rings. The molecule has 6 heteroatoms. The number of aromatic amines is 1. The van der Waals surface area contributed by atoms with Gasteiger partial charge < -0.3 is 9.72 Å². The van der Waals surface area contributed by atoms with Gasteiger partial charge in [0.25, 0.3) is 5.56 Å². The van der Waals surface area contributed by atoms with Crippen molar-refractivity contribution in [2.45, 2.75) is 6.54 Å². The van der Waals surface area contributed by atoms with Crippen molar-refractivity contribution in [1.29, 1.82) is 0 Å². The van der Waals surface area contributed by atoms with Crippen LogP contribution in [0.25, 0.3) is 34.0 Å². The molecular weight excluding hydrogens is 513 g/mol. The summed E-state index contributed by atoms with van der Waals surface area (Å²) in [6.07, 6.45) is 5.84. The quantitative estimate of drug-likeness (QED) is 0.295. The SMILES string of the molecule is COc1ccc2[nH]cc(/C=C/c3nc4ccc(I)cc4c(=O)n3Cc3ccccc3)c2c1. The minimum atomic E-state index is -0.0439. The zero-order chi connectivity index (χ0) is 22.1. The fourth-order valence-corrected chi connectivity index (χ4v) is 4.30. The summed E-state index contributed by atoms with van der Waals surface area (Å²) < 4.78 is 8.12. The number of methoxy groups -OCH3 is 1. The van der Waals surface area contributed by atoms with Crippen LogP contribution in [0.1, 0.15) is 17.0 Å². The van der Waals surface area contributed by atoms with Crippen LogP contribution in [0, 0.1) is 3.57 Å². The third kappa shape index (κ3) is 3.93. The van der Waals surface area contributed by atoms with E-state index in [2.05, 4.69) is 27.6 Å². The molecule has 2 heterocycles. The van der Waals surface area contributed by atoms with Gasteiger partial charge in [0.2, 0.25) is 0 Å². The van der Waals surface area contributed by atoms with Gasteiger partial charge in [0, 0.05) is 26.2 Å². The maximum Gasteiger partial charge on any atom is 0.261 e. The molecule has 0 atom stereocenters. The second-order valence-corrected chi connectivity index (χ2v) is 8.74. The van der Waals surface area contributed by atoms with Gasteiger partial charge in [0.15, 0.2) is 0 Å². The summed E-state index contributed by atoms with van der Waals surface area (Å²) in [6.45, 7) is 0.454. The molecule has 32 heavy (non-hydrogen) atoms. The number of hydrogen-bond acceptors (Lipinski definition) is 3. The molecule has 0 aliphatic carbocycles. The lowest BCUT2D eigenvalue weighted by molar-refractivity contribution is 0.415. The summed E-state index contributed by atoms with van der Waals surface area (Å²) >= 11 is 2.22. The third-order valence-corrected chi connectivity index (χ3v) is 6.13. The first-order valence-corrected chi connectivity index (χ1v) is 11.3. The van der Waals surface area contributed by atoms with Crippen molar-refractivity contribution in [2.24, 2.45) is 0 Å². The smallest absolute Gasteiger partial charge is 0.261 e. The van der Waals surface area contributed by atoms with Crippen LogP contribution in [0.15, 0.2) is 77.7 Å². The van der Waals surface area contributed by atoms with E-state index in [4.69, 9.17) is 9.72 Å². The van der Waals surface area contributed by atoms with Crippen molar-refractivity contribution < 1.29 is 4.74 Å². The highest BCUT2D eigenvalue weighted by Crippen LogP contribution is 2.25. The molecule has 0 bridgehead atoms. The number of rotatable bonds is 5. The van der Waals surface area contributed by atoms with E-state index in [1.807, 2.05) is 85.1 Å².